The van der Waals surface area contributed by atoms with E-state index in [0.717, 1.165) is 16.2 Å². The maximum atomic E-state index is 13.0. The minimum Gasteiger partial charge on any atom is -0.477 e. The van der Waals surface area contributed by atoms with Crippen LogP contribution in [0.5, 0.6) is 0 Å². The zero-order valence-corrected chi connectivity index (χ0v) is 20.3. The number of hydrogen-bond acceptors (Lipinski definition) is 10. The van der Waals surface area contributed by atoms with E-state index in [9.17, 15) is 24.7 Å². The first-order chi connectivity index (χ1) is 17.3. The van der Waals surface area contributed by atoms with Crippen LogP contribution in [0.2, 0.25) is 0 Å². The Morgan fingerprint density at radius 2 is 2.22 bits per heavy atom. The number of aromatic nitrogens is 3. The number of rotatable bonds is 7. The summed E-state index contributed by atoms with van der Waals surface area (Å²) >= 11 is 2.46. The number of nitrogen functional groups attached to an aromatic ring is 1. The largest absolute Gasteiger partial charge is 0.477 e. The number of carbonyl (C=O) groups excluding carboxylic acids is 2. The number of nitrogens with one attached hydrogen (secondary N) is 1. The summed E-state index contributed by atoms with van der Waals surface area (Å²) in [7, 11) is 1.27. The molecule has 2 aliphatic rings. The zero-order chi connectivity index (χ0) is 25.6. The second kappa shape index (κ2) is 9.16. The Hall–Kier alpha value is -4.11. The lowest BCUT2D eigenvalue weighted by Crippen LogP contribution is -2.71. The normalized spacial score (nSPS) is 19.8. The predicted molar refractivity (Wildman–Crippen MR) is 128 cm³/mol. The summed E-state index contributed by atoms with van der Waals surface area (Å²) in [6, 6.07) is 4.42. The van der Waals surface area contributed by atoms with Gasteiger partial charge in [-0.05, 0) is 16.2 Å². The van der Waals surface area contributed by atoms with Crippen molar-refractivity contribution in [2.45, 2.75) is 17.8 Å². The summed E-state index contributed by atoms with van der Waals surface area (Å²) in [4.78, 5) is 49.0. The van der Waals surface area contributed by atoms with Crippen LogP contribution in [0.25, 0.3) is 5.52 Å². The number of aliphatic carboxylic acids is 1. The molecule has 0 spiro atoms. The molecular formula is C21H20N7O6S2+. The molecule has 0 aromatic carbocycles. The summed E-state index contributed by atoms with van der Waals surface area (Å²) in [6.07, 6.45) is 3.39. The van der Waals surface area contributed by atoms with E-state index in [1.807, 2.05) is 6.07 Å². The van der Waals surface area contributed by atoms with Gasteiger partial charge in [0.15, 0.2) is 10.8 Å². The average molecular weight is 531 g/mol. The zero-order valence-electron chi connectivity index (χ0n) is 18.7. The van der Waals surface area contributed by atoms with Crippen LogP contribution in [-0.2, 0) is 25.6 Å². The molecule has 1 saturated heterocycles. The highest BCUT2D eigenvalue weighted by molar-refractivity contribution is 8.00. The molecule has 15 heteroatoms. The van der Waals surface area contributed by atoms with Gasteiger partial charge in [-0.3, -0.25) is 14.5 Å². The number of fused-ring (bicyclic) bond motifs is 2. The van der Waals surface area contributed by atoms with Gasteiger partial charge in [-0.15, -0.1) is 23.1 Å². The van der Waals surface area contributed by atoms with E-state index in [4.69, 9.17) is 10.6 Å². The molecule has 13 nitrogen and oxygen atoms in total. The van der Waals surface area contributed by atoms with Crippen LogP contribution in [0.1, 0.15) is 11.3 Å². The van der Waals surface area contributed by atoms with Crippen molar-refractivity contribution in [3.63, 3.8) is 0 Å². The molecule has 5 rings (SSSR count). The smallest absolute Gasteiger partial charge is 0.352 e. The molecule has 0 bridgehead atoms. The maximum absolute atomic E-state index is 13.0. The van der Waals surface area contributed by atoms with Crippen LogP contribution in [-0.4, -0.2) is 72.8 Å². The molecule has 0 unspecified atom stereocenters. The Morgan fingerprint density at radius 1 is 1.42 bits per heavy atom. The Balaban J connectivity index is 1.38. The van der Waals surface area contributed by atoms with Crippen molar-refractivity contribution in [1.82, 2.24) is 20.0 Å². The van der Waals surface area contributed by atoms with Crippen molar-refractivity contribution in [2.24, 2.45) is 5.16 Å². The standard InChI is InChI=1S/C21H19N7O6S2/c1-34-25-14(12-9-36-21(22)23-12)17(29)24-15-18(30)28-16(20(31)32)11(8-35-19(15)28)6-10-7-27(33)26-5-3-2-4-13(10)26/h2-5,7,9,15,19H,6,8H2,1H3,(H4-,22,23,24,29,31,32,33)/p+1/t15-,19+/m1/s1. The lowest BCUT2D eigenvalue weighted by Gasteiger charge is -2.49. The number of anilines is 1. The maximum Gasteiger partial charge on any atom is 0.352 e. The lowest BCUT2D eigenvalue weighted by molar-refractivity contribution is -0.647. The van der Waals surface area contributed by atoms with E-state index in [-0.39, 0.29) is 28.7 Å². The number of carbonyl (C=O) groups is 3. The number of amides is 2. The first-order valence-electron chi connectivity index (χ1n) is 10.5. The number of carboxylic acid groups (broad SMARTS) is 1. The number of thiazole rings is 1. The van der Waals surface area contributed by atoms with Crippen molar-refractivity contribution in [3.8, 4) is 0 Å². The summed E-state index contributed by atoms with van der Waals surface area (Å²) < 4.78 is 1.52. The van der Waals surface area contributed by atoms with Gasteiger partial charge in [0, 0.05) is 34.5 Å². The summed E-state index contributed by atoms with van der Waals surface area (Å²) in [6.45, 7) is 0. The average Bonchev–Trinajstić information content (AvgIpc) is 3.43. The lowest BCUT2D eigenvalue weighted by atomic mass is 9.99. The van der Waals surface area contributed by atoms with Crippen LogP contribution >= 0.6 is 23.1 Å². The van der Waals surface area contributed by atoms with Gasteiger partial charge in [0.05, 0.1) is 5.56 Å². The SMILES string of the molecule is CON=C(C(=O)N[C@@H]1C(=O)N2C(C(=O)O)=C(Cc3cn(O)[n+]4ccccc34)CS[C@@H]12)c1csc(N)n1. The van der Waals surface area contributed by atoms with Gasteiger partial charge in [-0.2, -0.15) is 0 Å². The van der Waals surface area contributed by atoms with E-state index >= 15 is 0 Å². The number of carboxylic acids is 1. The third kappa shape index (κ3) is 3.91. The monoisotopic (exact) mass is 530 g/mol. The highest BCUT2D eigenvalue weighted by Gasteiger charge is 2.54. The number of nitrogens with zero attached hydrogens (tertiary/aromatic N) is 5. The molecule has 0 aliphatic carbocycles. The molecule has 36 heavy (non-hydrogen) atoms. The first kappa shape index (κ1) is 23.6. The Bertz CT molecular complexity index is 1460. The molecule has 0 radical (unpaired) electrons. The Kier molecular flexibility index (Phi) is 6.01. The van der Waals surface area contributed by atoms with E-state index in [1.165, 1.54) is 39.9 Å². The number of β-lactam (4-membered cyclic amide) rings is 1. The molecule has 2 aliphatic heterocycles. The van der Waals surface area contributed by atoms with Crippen molar-refractivity contribution in [2.75, 3.05) is 18.6 Å². The Labute approximate surface area is 211 Å². The quantitative estimate of drug-likeness (QED) is 0.106. The second-order valence-electron chi connectivity index (χ2n) is 7.89. The first-order valence-corrected chi connectivity index (χ1v) is 12.5. The van der Waals surface area contributed by atoms with Crippen LogP contribution in [0, 0.1) is 0 Å². The molecule has 0 saturated carbocycles. The van der Waals surface area contributed by atoms with Gasteiger partial charge in [0.2, 0.25) is 11.7 Å². The molecule has 1 fully saturated rings. The van der Waals surface area contributed by atoms with Gasteiger partial charge in [0.25, 0.3) is 11.8 Å². The molecule has 5 heterocycles. The molecule has 3 aromatic rings. The van der Waals surface area contributed by atoms with E-state index < -0.39 is 29.2 Å². The molecule has 5 N–H and O–H groups in total. The minimum absolute atomic E-state index is 0.118. The van der Waals surface area contributed by atoms with E-state index in [1.54, 1.807) is 18.3 Å². The van der Waals surface area contributed by atoms with Gasteiger partial charge in [-0.1, -0.05) is 5.16 Å². The third-order valence-corrected chi connectivity index (χ3v) is 7.78. The van der Waals surface area contributed by atoms with Crippen molar-refractivity contribution in [1.29, 1.82) is 0 Å². The molecule has 2 atom stereocenters. The van der Waals surface area contributed by atoms with Gasteiger partial charge in [-0.25, -0.2) is 9.78 Å². The fourth-order valence-corrected chi connectivity index (χ4v) is 6.12. The van der Waals surface area contributed by atoms with Crippen molar-refractivity contribution in [3.05, 3.63) is 58.5 Å². The number of pyridine rings is 1. The highest BCUT2D eigenvalue weighted by Crippen LogP contribution is 2.41. The molecular weight excluding hydrogens is 510 g/mol. The van der Waals surface area contributed by atoms with Crippen LogP contribution in [0.3, 0.4) is 0 Å². The number of thioether (sulfide) groups is 1. The second-order valence-corrected chi connectivity index (χ2v) is 9.89. The van der Waals surface area contributed by atoms with Crippen LogP contribution in [0.15, 0.2) is 52.4 Å². The summed E-state index contributed by atoms with van der Waals surface area (Å²) in [5.74, 6) is -2.17. The minimum atomic E-state index is -1.24. The van der Waals surface area contributed by atoms with E-state index in [0.29, 0.717) is 22.4 Å². The molecule has 186 valence electrons. The van der Waals surface area contributed by atoms with Gasteiger partial charge in [0.1, 0.15) is 36.1 Å². The fraction of sp³-hybridized carbons (Fsp3) is 0.238. The molecule has 3 aromatic heterocycles. The Morgan fingerprint density at radius 3 is 2.92 bits per heavy atom. The third-order valence-electron chi connectivity index (χ3n) is 5.76. The van der Waals surface area contributed by atoms with E-state index in [2.05, 4.69) is 15.5 Å². The van der Waals surface area contributed by atoms with Crippen LogP contribution < -0.4 is 15.6 Å². The number of nitrogens with two attached hydrogens (primary N) is 1. The summed E-state index contributed by atoms with van der Waals surface area (Å²) in [5.41, 5.74) is 7.51. The number of hydrogen-bond donors (Lipinski definition) is 4. The van der Waals surface area contributed by atoms with Crippen molar-refractivity contribution < 1.29 is 34.1 Å². The van der Waals surface area contributed by atoms with Gasteiger partial charge < -0.3 is 26.2 Å². The highest BCUT2D eigenvalue weighted by atomic mass is 32.2. The fourth-order valence-electron chi connectivity index (χ4n) is 4.22. The van der Waals surface area contributed by atoms with Crippen LogP contribution in [0.4, 0.5) is 5.13 Å². The molecule has 2 amide bonds. The topological polar surface area (TPSA) is 176 Å². The summed E-state index contributed by atoms with van der Waals surface area (Å²) in [5, 5.41) is 27.6. The predicted octanol–water partition coefficient (Wildman–Crippen LogP) is -0.165. The van der Waals surface area contributed by atoms with Crippen molar-refractivity contribution >= 4 is 57.2 Å². The number of oxime groups is 1. The van der Waals surface area contributed by atoms with Gasteiger partial charge >= 0.3 is 5.97 Å².